The van der Waals surface area contributed by atoms with E-state index >= 15 is 0 Å². The van der Waals surface area contributed by atoms with Crippen LogP contribution in [0.5, 0.6) is 5.75 Å². The number of aryl methyl sites for hydroxylation is 1. The lowest BCUT2D eigenvalue weighted by Crippen LogP contribution is -2.39. The van der Waals surface area contributed by atoms with Gasteiger partial charge < -0.3 is 4.74 Å². The molecule has 0 radical (unpaired) electrons. The Kier molecular flexibility index (Phi) is 7.92. The van der Waals surface area contributed by atoms with Crippen molar-refractivity contribution in [3.8, 4) is 5.75 Å². The molecule has 0 aromatic heterocycles. The number of nitrogens with zero attached hydrogens (tertiary/aromatic N) is 2. The molecule has 33 heavy (non-hydrogen) atoms. The first kappa shape index (κ1) is 24.1. The third-order valence-electron chi connectivity index (χ3n) is 4.82. The highest BCUT2D eigenvalue weighted by molar-refractivity contribution is 7.89. The highest BCUT2D eigenvalue weighted by atomic mass is 32.2. The Bertz CT molecular complexity index is 1240. The number of methoxy groups -OCH3 is 1. The van der Waals surface area contributed by atoms with Crippen molar-refractivity contribution in [2.24, 2.45) is 5.10 Å². The summed E-state index contributed by atoms with van der Waals surface area (Å²) in [6.45, 7) is 0.973. The summed E-state index contributed by atoms with van der Waals surface area (Å²) in [4.78, 5) is 12.6. The van der Waals surface area contributed by atoms with Crippen LogP contribution in [0.15, 0.2) is 82.8 Å². The van der Waals surface area contributed by atoms with Gasteiger partial charge in [-0.2, -0.15) is 9.41 Å². The fourth-order valence-electron chi connectivity index (χ4n) is 3.04. The predicted molar refractivity (Wildman–Crippen MR) is 124 cm³/mol. The molecule has 0 atom stereocenters. The molecule has 0 aliphatic heterocycles. The summed E-state index contributed by atoms with van der Waals surface area (Å²) in [5.74, 6) is -0.664. The second-order valence-corrected chi connectivity index (χ2v) is 9.15. The van der Waals surface area contributed by atoms with Crippen molar-refractivity contribution in [1.82, 2.24) is 9.73 Å². The normalized spacial score (nSPS) is 11.6. The fourth-order valence-corrected chi connectivity index (χ4v) is 4.42. The smallest absolute Gasteiger partial charge is 0.255 e. The molecular weight excluding hydrogens is 445 g/mol. The highest BCUT2D eigenvalue weighted by Crippen LogP contribution is 2.20. The van der Waals surface area contributed by atoms with Crippen molar-refractivity contribution in [2.75, 3.05) is 13.7 Å². The molecule has 0 saturated heterocycles. The number of hydrazone groups is 1. The first-order valence-corrected chi connectivity index (χ1v) is 11.5. The minimum absolute atomic E-state index is 0.00904. The Labute approximate surface area is 192 Å². The average Bonchev–Trinajstić information content (AvgIpc) is 2.80. The summed E-state index contributed by atoms with van der Waals surface area (Å²) >= 11 is 0. The van der Waals surface area contributed by atoms with E-state index in [4.69, 9.17) is 4.74 Å². The van der Waals surface area contributed by atoms with Gasteiger partial charge >= 0.3 is 0 Å². The van der Waals surface area contributed by atoms with Crippen LogP contribution in [-0.4, -0.2) is 38.5 Å². The van der Waals surface area contributed by atoms with Crippen LogP contribution < -0.4 is 10.2 Å². The Balaban J connectivity index is 1.81. The molecule has 3 aromatic rings. The lowest BCUT2D eigenvalue weighted by atomic mass is 10.2. The van der Waals surface area contributed by atoms with Crippen LogP contribution in [0.4, 0.5) is 4.39 Å². The Morgan fingerprint density at radius 3 is 2.42 bits per heavy atom. The number of nitrogens with one attached hydrogen (secondary N) is 1. The van der Waals surface area contributed by atoms with Crippen LogP contribution in [0.2, 0.25) is 0 Å². The van der Waals surface area contributed by atoms with Gasteiger partial charge in [0.05, 0.1) is 24.8 Å². The number of hydrogen-bond donors (Lipinski definition) is 1. The number of hydrogen-bond acceptors (Lipinski definition) is 5. The van der Waals surface area contributed by atoms with E-state index in [1.807, 2.05) is 6.92 Å². The zero-order chi connectivity index (χ0) is 23.8. The van der Waals surface area contributed by atoms with Gasteiger partial charge in [0, 0.05) is 17.7 Å². The van der Waals surface area contributed by atoms with Crippen molar-refractivity contribution in [2.45, 2.75) is 18.4 Å². The second kappa shape index (κ2) is 10.8. The van der Waals surface area contributed by atoms with Crippen LogP contribution in [0, 0.1) is 12.7 Å². The maximum atomic E-state index is 14.2. The molecule has 0 fully saturated rings. The van der Waals surface area contributed by atoms with E-state index in [2.05, 4.69) is 10.5 Å². The maximum absolute atomic E-state index is 14.2. The Morgan fingerprint density at radius 1 is 1.06 bits per heavy atom. The van der Waals surface area contributed by atoms with E-state index in [-0.39, 0.29) is 17.0 Å². The van der Waals surface area contributed by atoms with E-state index in [1.54, 1.807) is 42.5 Å². The van der Waals surface area contributed by atoms with E-state index in [0.29, 0.717) is 11.3 Å². The highest BCUT2D eigenvalue weighted by Gasteiger charge is 2.27. The van der Waals surface area contributed by atoms with Gasteiger partial charge in [0.1, 0.15) is 11.6 Å². The van der Waals surface area contributed by atoms with Gasteiger partial charge in [0.25, 0.3) is 5.91 Å². The predicted octanol–water partition coefficient (Wildman–Crippen LogP) is 3.48. The van der Waals surface area contributed by atoms with Gasteiger partial charge in [0.2, 0.25) is 10.0 Å². The molecule has 9 heteroatoms. The maximum Gasteiger partial charge on any atom is 0.255 e. The summed E-state index contributed by atoms with van der Waals surface area (Å²) in [7, 11) is -2.57. The van der Waals surface area contributed by atoms with Crippen molar-refractivity contribution in [3.05, 3.63) is 95.3 Å². The largest absolute Gasteiger partial charge is 0.496 e. The number of carbonyl (C=O) groups excluding carboxylic acids is 1. The van der Waals surface area contributed by atoms with E-state index in [1.165, 1.54) is 43.7 Å². The van der Waals surface area contributed by atoms with Crippen LogP contribution in [-0.2, 0) is 21.4 Å². The van der Waals surface area contributed by atoms with Gasteiger partial charge in [-0.25, -0.2) is 18.2 Å². The molecular formula is C24H24FN3O4S. The van der Waals surface area contributed by atoms with Crippen molar-refractivity contribution in [1.29, 1.82) is 0 Å². The number of sulfonamides is 1. The average molecular weight is 470 g/mol. The third-order valence-corrected chi connectivity index (χ3v) is 6.62. The lowest BCUT2D eigenvalue weighted by Gasteiger charge is -2.22. The molecule has 0 aliphatic carbocycles. The lowest BCUT2D eigenvalue weighted by molar-refractivity contribution is -0.121. The topological polar surface area (TPSA) is 88.1 Å². The molecule has 0 unspecified atom stereocenters. The van der Waals surface area contributed by atoms with Gasteiger partial charge in [-0.3, -0.25) is 4.79 Å². The van der Waals surface area contributed by atoms with Crippen molar-refractivity contribution < 1.29 is 22.3 Å². The molecule has 3 aromatic carbocycles. The molecule has 0 bridgehead atoms. The van der Waals surface area contributed by atoms with Gasteiger partial charge in [-0.15, -0.1) is 0 Å². The minimum Gasteiger partial charge on any atom is -0.496 e. The quantitative estimate of drug-likeness (QED) is 0.384. The molecule has 0 spiro atoms. The molecule has 0 saturated carbocycles. The molecule has 0 aliphatic rings. The first-order chi connectivity index (χ1) is 15.8. The number of rotatable bonds is 9. The minimum atomic E-state index is -4.08. The van der Waals surface area contributed by atoms with Gasteiger partial charge in [-0.1, -0.05) is 48.0 Å². The number of ether oxygens (including phenoxy) is 1. The fraction of sp³-hybridized carbons (Fsp3) is 0.167. The standard InChI is InChI=1S/C24H24FN3O4S/c1-18-11-13-21(14-12-18)33(30,31)28(16-20-8-3-5-9-22(20)25)17-24(29)27-26-15-19-7-4-6-10-23(19)32-2/h3-15H,16-17H2,1-2H3,(H,27,29)/b26-15-. The van der Waals surface area contributed by atoms with E-state index in [0.717, 1.165) is 9.87 Å². The van der Waals surface area contributed by atoms with Crippen LogP contribution >= 0.6 is 0 Å². The molecule has 3 rings (SSSR count). The van der Waals surface area contributed by atoms with Crippen LogP contribution in [0.3, 0.4) is 0 Å². The number of amides is 1. The molecule has 1 N–H and O–H groups in total. The van der Waals surface area contributed by atoms with Gasteiger partial charge in [0.15, 0.2) is 0 Å². The molecule has 172 valence electrons. The first-order valence-electron chi connectivity index (χ1n) is 10.1. The summed E-state index contributed by atoms with van der Waals surface area (Å²) in [5, 5.41) is 3.89. The Morgan fingerprint density at radius 2 is 1.73 bits per heavy atom. The summed E-state index contributed by atoms with van der Waals surface area (Å²) in [5.41, 5.74) is 3.99. The Hall–Kier alpha value is -3.56. The summed E-state index contributed by atoms with van der Waals surface area (Å²) in [6.07, 6.45) is 1.40. The third kappa shape index (κ3) is 6.24. The summed E-state index contributed by atoms with van der Waals surface area (Å²) < 4.78 is 46.9. The molecule has 0 heterocycles. The number of carbonyl (C=O) groups is 1. The monoisotopic (exact) mass is 469 g/mol. The summed E-state index contributed by atoms with van der Waals surface area (Å²) in [6, 6.07) is 19.1. The molecule has 1 amide bonds. The van der Waals surface area contributed by atoms with Crippen molar-refractivity contribution >= 4 is 22.1 Å². The van der Waals surface area contributed by atoms with Crippen LogP contribution in [0.25, 0.3) is 0 Å². The zero-order valence-electron chi connectivity index (χ0n) is 18.2. The number of para-hydroxylation sites is 1. The van der Waals surface area contributed by atoms with Gasteiger partial charge in [-0.05, 0) is 37.3 Å². The number of halogens is 1. The number of benzene rings is 3. The zero-order valence-corrected chi connectivity index (χ0v) is 19.0. The van der Waals surface area contributed by atoms with E-state index in [9.17, 15) is 17.6 Å². The van der Waals surface area contributed by atoms with Crippen molar-refractivity contribution in [3.63, 3.8) is 0 Å². The van der Waals surface area contributed by atoms with Crippen LogP contribution in [0.1, 0.15) is 16.7 Å². The SMILES string of the molecule is COc1ccccc1/C=N\NC(=O)CN(Cc1ccccc1F)S(=O)(=O)c1ccc(C)cc1. The molecule has 7 nitrogen and oxygen atoms in total. The van der Waals surface area contributed by atoms with E-state index < -0.39 is 28.3 Å². The second-order valence-electron chi connectivity index (χ2n) is 7.21.